The molecule has 0 heterocycles. The number of urea groups is 1. The Bertz CT molecular complexity index is 2310. The molecule has 0 fully saturated rings. The molecule has 6 atom stereocenters. The number of carbonyl (C=O) groups excluding carboxylic acids is 9. The summed E-state index contributed by atoms with van der Waals surface area (Å²) >= 11 is 0. The SMILES string of the molecule is CCOC(=O)CC[C@@H](NC(=O)/C(C)=C/[C@H](C(C)C)N(C)C(=O)[C@@H](NC(=O)[C@@H](N(C)C(=O)OCc1ccc(CC(=O)[C@H](CCCNC(N)=O)NC(=O)[C@@H](N)C(C)C)cc1)C(C)(C)c1ccccc1)C(C)(C)C)C(=O)OCC. The maximum atomic E-state index is 14.9. The van der Waals surface area contributed by atoms with Crippen LogP contribution in [0, 0.1) is 17.3 Å². The van der Waals surface area contributed by atoms with E-state index >= 15 is 0 Å². The van der Waals surface area contributed by atoms with Crippen LogP contribution in [0.1, 0.15) is 125 Å². The monoisotopic (exact) mass is 1060 g/mol. The average Bonchev–Trinajstić information content (AvgIpc) is 3.35. The molecule has 0 aliphatic rings. The zero-order valence-corrected chi connectivity index (χ0v) is 47.2. The zero-order chi connectivity index (χ0) is 57.7. The van der Waals surface area contributed by atoms with Gasteiger partial charge in [-0.15, -0.1) is 0 Å². The number of esters is 2. The Morgan fingerprint density at radius 1 is 0.711 bits per heavy atom. The van der Waals surface area contributed by atoms with Crippen molar-refractivity contribution in [1.29, 1.82) is 0 Å². The normalized spacial score (nSPS) is 14.2. The van der Waals surface area contributed by atoms with Gasteiger partial charge in [0.2, 0.25) is 23.6 Å². The van der Waals surface area contributed by atoms with E-state index in [4.69, 9.17) is 25.7 Å². The lowest BCUT2D eigenvalue weighted by Crippen LogP contribution is -2.63. The molecule has 0 aliphatic carbocycles. The molecule has 0 bridgehead atoms. The van der Waals surface area contributed by atoms with Crippen LogP contribution in [-0.4, -0.2) is 133 Å². The number of rotatable bonds is 29. The molecule has 0 spiro atoms. The molecule has 0 aromatic heterocycles. The number of likely N-dealkylation sites (N-methyl/N-ethyl adjacent to an activating group) is 2. The predicted molar refractivity (Wildman–Crippen MR) is 289 cm³/mol. The largest absolute Gasteiger partial charge is 0.466 e. The highest BCUT2D eigenvalue weighted by atomic mass is 16.6. The topological polar surface area (TPSA) is 288 Å². The van der Waals surface area contributed by atoms with Crippen LogP contribution in [0.5, 0.6) is 0 Å². The molecule has 0 unspecified atom stereocenters. The summed E-state index contributed by atoms with van der Waals surface area (Å²) in [5.74, 6) is -4.07. The lowest BCUT2D eigenvalue weighted by molar-refractivity contribution is -0.148. The number of nitrogens with zero attached hydrogens (tertiary/aromatic N) is 2. The van der Waals surface area contributed by atoms with E-state index in [1.807, 2.05) is 58.0 Å². The third-order valence-electron chi connectivity index (χ3n) is 13.1. The van der Waals surface area contributed by atoms with E-state index in [0.29, 0.717) is 17.5 Å². The Morgan fingerprint density at radius 2 is 1.30 bits per heavy atom. The molecule has 8 N–H and O–H groups in total. The molecule has 2 aromatic rings. The molecular weight excluding hydrogens is 977 g/mol. The van der Waals surface area contributed by atoms with Gasteiger partial charge in [0.05, 0.1) is 31.3 Å². The summed E-state index contributed by atoms with van der Waals surface area (Å²) in [6.07, 6.45) is 1.20. The fourth-order valence-electron chi connectivity index (χ4n) is 8.41. The van der Waals surface area contributed by atoms with Crippen LogP contribution in [-0.2, 0) is 66.2 Å². The van der Waals surface area contributed by atoms with Crippen LogP contribution in [0.4, 0.5) is 9.59 Å². The molecule has 422 valence electrons. The number of Topliss-reactive ketones (excluding diaryl/α,β-unsaturated/α-hetero) is 1. The molecule has 0 radical (unpaired) electrons. The van der Waals surface area contributed by atoms with Gasteiger partial charge in [-0.3, -0.25) is 33.7 Å². The van der Waals surface area contributed by atoms with E-state index in [1.165, 1.54) is 16.8 Å². The van der Waals surface area contributed by atoms with Crippen molar-refractivity contribution >= 4 is 53.5 Å². The van der Waals surface area contributed by atoms with Crippen LogP contribution >= 0.6 is 0 Å². The van der Waals surface area contributed by atoms with Gasteiger partial charge in [-0.1, -0.05) is 123 Å². The molecule has 20 nitrogen and oxygen atoms in total. The number of nitrogens with one attached hydrogen (secondary N) is 4. The first-order valence-electron chi connectivity index (χ1n) is 26.0. The quantitative estimate of drug-likeness (QED) is 0.0272. The minimum absolute atomic E-state index is 0.0292. The second kappa shape index (κ2) is 30.7. The number of carbonyl (C=O) groups is 9. The van der Waals surface area contributed by atoms with E-state index in [0.717, 1.165) is 5.56 Å². The van der Waals surface area contributed by atoms with Gasteiger partial charge >= 0.3 is 24.1 Å². The number of amides is 7. The second-order valence-corrected chi connectivity index (χ2v) is 21.3. The van der Waals surface area contributed by atoms with Crippen molar-refractivity contribution in [2.45, 2.75) is 163 Å². The van der Waals surface area contributed by atoms with Crippen molar-refractivity contribution in [2.24, 2.45) is 28.7 Å². The Hall–Kier alpha value is -6.83. The molecule has 76 heavy (non-hydrogen) atoms. The van der Waals surface area contributed by atoms with Crippen LogP contribution in [0.3, 0.4) is 0 Å². The molecule has 20 heteroatoms. The predicted octanol–water partition coefficient (Wildman–Crippen LogP) is 4.98. The Kier molecular flexibility index (Phi) is 26.3. The van der Waals surface area contributed by atoms with E-state index in [-0.39, 0.29) is 75.2 Å². The van der Waals surface area contributed by atoms with Crippen LogP contribution < -0.4 is 32.7 Å². The van der Waals surface area contributed by atoms with Crippen LogP contribution in [0.15, 0.2) is 66.2 Å². The van der Waals surface area contributed by atoms with Crippen molar-refractivity contribution in [3.8, 4) is 0 Å². The lowest BCUT2D eigenvalue weighted by Gasteiger charge is -2.42. The van der Waals surface area contributed by atoms with Crippen molar-refractivity contribution in [3.63, 3.8) is 0 Å². The highest BCUT2D eigenvalue weighted by Crippen LogP contribution is 2.32. The van der Waals surface area contributed by atoms with Crippen molar-refractivity contribution in [3.05, 3.63) is 82.9 Å². The summed E-state index contributed by atoms with van der Waals surface area (Å²) in [6.45, 7) is 21.5. The number of primary amides is 1. The van der Waals surface area contributed by atoms with Gasteiger partial charge in [0.15, 0.2) is 5.78 Å². The first kappa shape index (κ1) is 65.3. The fourth-order valence-corrected chi connectivity index (χ4v) is 8.41. The molecule has 0 saturated heterocycles. The molecular formula is C56H86N8O12. The zero-order valence-electron chi connectivity index (χ0n) is 47.2. The summed E-state index contributed by atoms with van der Waals surface area (Å²) in [5.41, 5.74) is 11.4. The maximum absolute atomic E-state index is 14.9. The summed E-state index contributed by atoms with van der Waals surface area (Å²) < 4.78 is 16.0. The first-order chi connectivity index (χ1) is 35.5. The first-order valence-corrected chi connectivity index (χ1v) is 26.0. The fraction of sp³-hybridized carbons (Fsp3) is 0.589. The van der Waals surface area contributed by atoms with Gasteiger partial charge < -0.3 is 51.8 Å². The van der Waals surface area contributed by atoms with Gasteiger partial charge in [-0.05, 0) is 74.0 Å². The number of hydrogen-bond donors (Lipinski definition) is 6. The Balaban J connectivity index is 2.40. The van der Waals surface area contributed by atoms with Crippen molar-refractivity contribution in [1.82, 2.24) is 31.1 Å². The van der Waals surface area contributed by atoms with E-state index in [2.05, 4.69) is 21.3 Å². The van der Waals surface area contributed by atoms with Gasteiger partial charge in [-0.25, -0.2) is 14.4 Å². The summed E-state index contributed by atoms with van der Waals surface area (Å²) in [5, 5.41) is 10.9. The second-order valence-electron chi connectivity index (χ2n) is 21.3. The van der Waals surface area contributed by atoms with Crippen molar-refractivity contribution in [2.75, 3.05) is 33.9 Å². The van der Waals surface area contributed by atoms with Gasteiger partial charge in [-0.2, -0.15) is 0 Å². The molecule has 7 amide bonds. The van der Waals surface area contributed by atoms with Crippen molar-refractivity contribution < 1.29 is 57.4 Å². The third-order valence-corrected chi connectivity index (χ3v) is 13.1. The van der Waals surface area contributed by atoms with E-state index in [1.54, 1.807) is 92.8 Å². The smallest absolute Gasteiger partial charge is 0.410 e. The van der Waals surface area contributed by atoms with E-state index < -0.39 is 94.8 Å². The van der Waals surface area contributed by atoms with Gasteiger partial charge in [0, 0.05) is 44.5 Å². The number of ether oxygens (including phenoxy) is 3. The summed E-state index contributed by atoms with van der Waals surface area (Å²) in [7, 11) is 3.03. The van der Waals surface area contributed by atoms with Crippen LogP contribution in [0.2, 0.25) is 0 Å². The number of ketones is 1. The highest BCUT2D eigenvalue weighted by molar-refractivity contribution is 5.96. The minimum Gasteiger partial charge on any atom is -0.466 e. The summed E-state index contributed by atoms with van der Waals surface area (Å²) in [6, 6.07) is 9.42. The highest BCUT2D eigenvalue weighted by Gasteiger charge is 2.45. The van der Waals surface area contributed by atoms with Gasteiger partial charge in [0.1, 0.15) is 24.7 Å². The Morgan fingerprint density at radius 3 is 1.84 bits per heavy atom. The number of nitrogens with two attached hydrogens (primary N) is 2. The standard InChI is InChI=1S/C56H86N8O12/c1-15-74-44(66)29-28-41(52(71)75-16-2)61-48(67)36(7)31-42(34(3)4)63(13)51(70)46(55(8,9)10)62-50(69)47(56(11,12)39-21-18-17-19-22-39)64(14)54(73)76-33-38-26-24-37(25-27-38)32-43(65)40(23-20-30-59-53(58)72)60-49(68)45(57)35(5)6/h17-19,21-22,24-27,31,34-35,40-42,45-47H,15-16,20,23,28-30,32-33,57H2,1-14H3,(H,60,68)(H,61,67)(H,62,69)(H3,58,59,72)/b36-31+/t40-,41+,42+,45-,46+,47+/m0/s1. The van der Waals surface area contributed by atoms with Gasteiger partial charge in [0.25, 0.3) is 0 Å². The molecule has 2 aromatic carbocycles. The molecule has 2 rings (SSSR count). The number of hydrogen-bond acceptors (Lipinski definition) is 13. The minimum atomic E-state index is -1.23. The maximum Gasteiger partial charge on any atom is 0.410 e. The molecule has 0 aliphatic heterocycles. The number of benzene rings is 2. The van der Waals surface area contributed by atoms with Crippen LogP contribution in [0.25, 0.3) is 0 Å². The summed E-state index contributed by atoms with van der Waals surface area (Å²) in [4.78, 5) is 122. The lowest BCUT2D eigenvalue weighted by atomic mass is 9.76. The molecule has 0 saturated carbocycles. The third kappa shape index (κ3) is 20.4. The van der Waals surface area contributed by atoms with E-state index in [9.17, 15) is 43.2 Å². The Labute approximate surface area is 449 Å². The average molecular weight is 1060 g/mol.